The van der Waals surface area contributed by atoms with Gasteiger partial charge in [-0.05, 0) is 69.9 Å². The van der Waals surface area contributed by atoms with Crippen molar-refractivity contribution in [2.45, 2.75) is 39.7 Å². The molecule has 1 aliphatic heterocycles. The van der Waals surface area contributed by atoms with Crippen LogP contribution in [0.15, 0.2) is 18.2 Å². The van der Waals surface area contributed by atoms with Gasteiger partial charge in [0.25, 0.3) is 0 Å². The second-order valence-electron chi connectivity index (χ2n) is 5.67. The first-order valence-electron chi connectivity index (χ1n) is 7.35. The lowest BCUT2D eigenvalue weighted by molar-refractivity contribution is 0.183. The second kappa shape index (κ2) is 6.62. The molecular weight excluding hydrogens is 256 g/mol. The molecule has 0 aliphatic carbocycles. The van der Waals surface area contributed by atoms with Crippen LogP contribution in [0.25, 0.3) is 0 Å². The predicted octanol–water partition coefficient (Wildman–Crippen LogP) is 4.18. The summed E-state index contributed by atoms with van der Waals surface area (Å²) in [5, 5.41) is 4.45. The van der Waals surface area contributed by atoms with Crippen LogP contribution in [0.2, 0.25) is 5.02 Å². The second-order valence-corrected chi connectivity index (χ2v) is 6.08. The Labute approximate surface area is 122 Å². The SMILES string of the molecule is CCN1CCC(C(C)Nc2ccc(C)c(Cl)c2)CC1. The van der Waals surface area contributed by atoms with Crippen LogP contribution in [0.3, 0.4) is 0 Å². The predicted molar refractivity (Wildman–Crippen MR) is 84.1 cm³/mol. The average Bonchev–Trinajstić information content (AvgIpc) is 2.43. The zero-order chi connectivity index (χ0) is 13.8. The molecule has 0 saturated carbocycles. The summed E-state index contributed by atoms with van der Waals surface area (Å²) in [6, 6.07) is 6.75. The molecule has 1 aliphatic rings. The minimum absolute atomic E-state index is 0.512. The Bertz CT molecular complexity index is 411. The molecule has 1 heterocycles. The first kappa shape index (κ1) is 14.7. The third kappa shape index (κ3) is 3.87. The molecule has 2 nitrogen and oxygen atoms in total. The lowest BCUT2D eigenvalue weighted by Gasteiger charge is -2.34. The smallest absolute Gasteiger partial charge is 0.0455 e. The lowest BCUT2D eigenvalue weighted by Crippen LogP contribution is -2.39. The average molecular weight is 281 g/mol. The van der Waals surface area contributed by atoms with Gasteiger partial charge in [-0.3, -0.25) is 0 Å². The number of rotatable bonds is 4. The molecule has 1 unspecified atom stereocenters. The van der Waals surface area contributed by atoms with Crippen molar-refractivity contribution < 1.29 is 0 Å². The molecule has 0 spiro atoms. The maximum atomic E-state index is 6.17. The van der Waals surface area contributed by atoms with E-state index in [1.54, 1.807) is 0 Å². The number of benzene rings is 1. The van der Waals surface area contributed by atoms with Gasteiger partial charge in [0.15, 0.2) is 0 Å². The Morgan fingerprint density at radius 3 is 2.63 bits per heavy atom. The Morgan fingerprint density at radius 1 is 1.37 bits per heavy atom. The Morgan fingerprint density at radius 2 is 2.05 bits per heavy atom. The Balaban J connectivity index is 1.90. The van der Waals surface area contributed by atoms with E-state index in [2.05, 4.69) is 36.2 Å². The van der Waals surface area contributed by atoms with Crippen LogP contribution in [0.4, 0.5) is 5.69 Å². The summed E-state index contributed by atoms with van der Waals surface area (Å²) >= 11 is 6.17. The van der Waals surface area contributed by atoms with Crippen LogP contribution in [0.1, 0.15) is 32.3 Å². The summed E-state index contributed by atoms with van der Waals surface area (Å²) < 4.78 is 0. The highest BCUT2D eigenvalue weighted by Gasteiger charge is 2.23. The number of aryl methyl sites for hydroxylation is 1. The molecule has 0 radical (unpaired) electrons. The fourth-order valence-electron chi connectivity index (χ4n) is 2.83. The van der Waals surface area contributed by atoms with E-state index in [-0.39, 0.29) is 0 Å². The van der Waals surface area contributed by atoms with E-state index < -0.39 is 0 Å². The van der Waals surface area contributed by atoms with Crippen molar-refractivity contribution in [1.29, 1.82) is 0 Å². The fraction of sp³-hybridized carbons (Fsp3) is 0.625. The van der Waals surface area contributed by atoms with Gasteiger partial charge >= 0.3 is 0 Å². The van der Waals surface area contributed by atoms with Crippen molar-refractivity contribution in [1.82, 2.24) is 4.90 Å². The van der Waals surface area contributed by atoms with Crippen molar-refractivity contribution in [3.63, 3.8) is 0 Å². The van der Waals surface area contributed by atoms with Gasteiger partial charge in [-0.1, -0.05) is 24.6 Å². The van der Waals surface area contributed by atoms with E-state index in [0.717, 1.165) is 22.2 Å². The molecule has 1 fully saturated rings. The van der Waals surface area contributed by atoms with Crippen molar-refractivity contribution in [2.75, 3.05) is 25.0 Å². The summed E-state index contributed by atoms with van der Waals surface area (Å²) in [7, 11) is 0. The number of hydrogen-bond acceptors (Lipinski definition) is 2. The first-order chi connectivity index (χ1) is 9.10. The molecule has 1 saturated heterocycles. The van der Waals surface area contributed by atoms with Crippen LogP contribution in [-0.2, 0) is 0 Å². The molecule has 0 amide bonds. The summed E-state index contributed by atoms with van der Waals surface area (Å²) in [5.41, 5.74) is 2.28. The maximum Gasteiger partial charge on any atom is 0.0455 e. The minimum atomic E-state index is 0.512. The lowest BCUT2D eigenvalue weighted by atomic mass is 9.90. The Hall–Kier alpha value is -0.730. The van der Waals surface area contributed by atoms with Gasteiger partial charge in [-0.2, -0.15) is 0 Å². The highest BCUT2D eigenvalue weighted by molar-refractivity contribution is 6.31. The number of nitrogens with zero attached hydrogens (tertiary/aromatic N) is 1. The highest BCUT2D eigenvalue weighted by atomic mass is 35.5. The number of nitrogens with one attached hydrogen (secondary N) is 1. The van der Waals surface area contributed by atoms with Gasteiger partial charge < -0.3 is 10.2 Å². The Kier molecular flexibility index (Phi) is 5.12. The van der Waals surface area contributed by atoms with Crippen LogP contribution >= 0.6 is 11.6 Å². The van der Waals surface area contributed by atoms with Gasteiger partial charge in [-0.15, -0.1) is 0 Å². The van der Waals surface area contributed by atoms with Crippen molar-refractivity contribution in [3.8, 4) is 0 Å². The number of anilines is 1. The molecule has 1 aromatic rings. The topological polar surface area (TPSA) is 15.3 Å². The molecule has 0 bridgehead atoms. The fourth-order valence-corrected chi connectivity index (χ4v) is 3.01. The third-order valence-corrected chi connectivity index (χ3v) is 4.76. The third-order valence-electron chi connectivity index (χ3n) is 4.35. The van der Waals surface area contributed by atoms with Crippen molar-refractivity contribution in [3.05, 3.63) is 28.8 Å². The van der Waals surface area contributed by atoms with E-state index >= 15 is 0 Å². The van der Waals surface area contributed by atoms with Crippen molar-refractivity contribution in [2.24, 2.45) is 5.92 Å². The number of hydrogen-bond donors (Lipinski definition) is 1. The minimum Gasteiger partial charge on any atom is -0.382 e. The molecular formula is C16H25ClN2. The molecule has 0 aromatic heterocycles. The molecule has 3 heteroatoms. The summed E-state index contributed by atoms with van der Waals surface area (Å²) in [6.07, 6.45) is 2.59. The molecule has 19 heavy (non-hydrogen) atoms. The molecule has 2 rings (SSSR count). The number of halogens is 1. The van der Waals surface area contributed by atoms with E-state index in [0.29, 0.717) is 6.04 Å². The molecule has 106 valence electrons. The van der Waals surface area contributed by atoms with Crippen LogP contribution in [0.5, 0.6) is 0 Å². The molecule has 1 aromatic carbocycles. The zero-order valence-electron chi connectivity index (χ0n) is 12.2. The highest BCUT2D eigenvalue weighted by Crippen LogP contribution is 2.25. The quantitative estimate of drug-likeness (QED) is 0.890. The molecule has 1 N–H and O–H groups in total. The summed E-state index contributed by atoms with van der Waals surface area (Å²) in [6.45, 7) is 10.2. The number of piperidine rings is 1. The van der Waals surface area contributed by atoms with Crippen LogP contribution < -0.4 is 5.32 Å². The van der Waals surface area contributed by atoms with E-state index in [4.69, 9.17) is 11.6 Å². The van der Waals surface area contributed by atoms with Gasteiger partial charge in [0.05, 0.1) is 0 Å². The van der Waals surface area contributed by atoms with E-state index in [1.165, 1.54) is 32.5 Å². The van der Waals surface area contributed by atoms with E-state index in [9.17, 15) is 0 Å². The van der Waals surface area contributed by atoms with Gasteiger partial charge in [0.1, 0.15) is 0 Å². The zero-order valence-corrected chi connectivity index (χ0v) is 13.0. The normalized spacial score (nSPS) is 19.4. The largest absolute Gasteiger partial charge is 0.382 e. The van der Waals surface area contributed by atoms with Gasteiger partial charge in [0, 0.05) is 16.8 Å². The summed E-state index contributed by atoms with van der Waals surface area (Å²) in [4.78, 5) is 2.53. The monoisotopic (exact) mass is 280 g/mol. The first-order valence-corrected chi connectivity index (χ1v) is 7.73. The van der Waals surface area contributed by atoms with E-state index in [1.807, 2.05) is 13.0 Å². The maximum absolute atomic E-state index is 6.17. The van der Waals surface area contributed by atoms with Crippen LogP contribution in [0, 0.1) is 12.8 Å². The van der Waals surface area contributed by atoms with Gasteiger partial charge in [-0.25, -0.2) is 0 Å². The van der Waals surface area contributed by atoms with Gasteiger partial charge in [0.2, 0.25) is 0 Å². The van der Waals surface area contributed by atoms with Crippen LogP contribution in [-0.4, -0.2) is 30.6 Å². The van der Waals surface area contributed by atoms with Crippen molar-refractivity contribution >= 4 is 17.3 Å². The molecule has 1 atom stereocenters. The number of likely N-dealkylation sites (tertiary alicyclic amines) is 1. The summed E-state index contributed by atoms with van der Waals surface area (Å²) in [5.74, 6) is 0.767. The standard InChI is InChI=1S/C16H25ClN2/c1-4-19-9-7-14(8-10-19)13(3)18-15-6-5-12(2)16(17)11-15/h5-6,11,13-14,18H,4,7-10H2,1-3H3.